The van der Waals surface area contributed by atoms with E-state index in [-0.39, 0.29) is 0 Å². The first kappa shape index (κ1) is 14.2. The normalized spacial score (nSPS) is 17.7. The Bertz CT molecular complexity index is 916. The van der Waals surface area contributed by atoms with Gasteiger partial charge in [0.1, 0.15) is 0 Å². The van der Waals surface area contributed by atoms with E-state index in [2.05, 4.69) is 75.4 Å². The molecule has 0 bridgehead atoms. The van der Waals surface area contributed by atoms with Crippen molar-refractivity contribution < 1.29 is 0 Å². The van der Waals surface area contributed by atoms with Crippen LogP contribution in [0, 0.1) is 13.8 Å². The van der Waals surface area contributed by atoms with Crippen LogP contribution in [0.2, 0.25) is 0 Å². The van der Waals surface area contributed by atoms with Gasteiger partial charge < -0.3 is 0 Å². The Balaban J connectivity index is 2.08. The smallest absolute Gasteiger partial charge is 0.0712 e. The third-order valence-corrected chi connectivity index (χ3v) is 4.78. The van der Waals surface area contributed by atoms with Crippen molar-refractivity contribution in [1.82, 2.24) is 4.98 Å². The lowest BCUT2D eigenvalue weighted by Gasteiger charge is -2.20. The maximum atomic E-state index is 4.89. The molecule has 0 N–H and O–H groups in total. The lowest BCUT2D eigenvalue weighted by Crippen LogP contribution is -2.02. The predicted octanol–water partition coefficient (Wildman–Crippen LogP) is 5.99. The van der Waals surface area contributed by atoms with Gasteiger partial charge in [0, 0.05) is 16.7 Å². The number of nitrogens with zero attached hydrogens (tertiary/aromatic N) is 1. The lowest BCUT2D eigenvalue weighted by atomic mass is 9.85. The van der Waals surface area contributed by atoms with Crippen molar-refractivity contribution >= 4 is 21.8 Å². The molecule has 0 amide bonds. The third kappa shape index (κ3) is 2.46. The van der Waals surface area contributed by atoms with Gasteiger partial charge in [0.25, 0.3) is 0 Å². The summed E-state index contributed by atoms with van der Waals surface area (Å²) in [5.41, 5.74) is 7.56. The van der Waals surface area contributed by atoms with Crippen LogP contribution in [0.1, 0.15) is 36.0 Å². The van der Waals surface area contributed by atoms with Crippen LogP contribution in [0.15, 0.2) is 60.2 Å². The summed E-state index contributed by atoms with van der Waals surface area (Å²) < 4.78 is 0. The third-order valence-electron chi connectivity index (χ3n) is 4.78. The summed E-state index contributed by atoms with van der Waals surface area (Å²) in [6.45, 7) is 6.48. The van der Waals surface area contributed by atoms with Crippen molar-refractivity contribution in [2.24, 2.45) is 0 Å². The first-order chi connectivity index (χ1) is 11.1. The quantitative estimate of drug-likeness (QED) is 0.502. The SMILES string of the molecule is CC1=CCC(c2c3cc(C)ccc3nc3ccc(C)cc23)C=C1. The first-order valence-electron chi connectivity index (χ1n) is 8.27. The van der Waals surface area contributed by atoms with E-state index in [4.69, 9.17) is 4.98 Å². The van der Waals surface area contributed by atoms with Crippen LogP contribution in [-0.2, 0) is 0 Å². The van der Waals surface area contributed by atoms with Crippen LogP contribution in [0.5, 0.6) is 0 Å². The number of allylic oxidation sites excluding steroid dienone is 4. The molecular weight excluding hydrogens is 278 g/mol. The van der Waals surface area contributed by atoms with E-state index in [9.17, 15) is 0 Å². The standard InChI is InChI=1S/C22H21N/c1-14-4-8-17(9-5-14)22-18-12-15(2)6-10-20(18)23-21-11-7-16(3)13-19(21)22/h4-8,10-13,17H,9H2,1-3H3. The Kier molecular flexibility index (Phi) is 3.30. The summed E-state index contributed by atoms with van der Waals surface area (Å²) in [6.07, 6.45) is 8.01. The molecule has 1 atom stereocenters. The number of benzene rings is 2. The van der Waals surface area contributed by atoms with Crippen LogP contribution >= 0.6 is 0 Å². The summed E-state index contributed by atoms with van der Waals surface area (Å²) in [5.74, 6) is 0.426. The average molecular weight is 299 g/mol. The number of hydrogen-bond acceptors (Lipinski definition) is 1. The number of aryl methyl sites for hydroxylation is 2. The zero-order chi connectivity index (χ0) is 16.0. The van der Waals surface area contributed by atoms with Crippen LogP contribution in [-0.4, -0.2) is 4.98 Å². The molecule has 1 heteroatoms. The van der Waals surface area contributed by atoms with Gasteiger partial charge in [-0.25, -0.2) is 4.98 Å². The van der Waals surface area contributed by atoms with Gasteiger partial charge in [0.05, 0.1) is 11.0 Å². The number of aromatic nitrogens is 1. The second-order valence-electron chi connectivity index (χ2n) is 6.72. The molecule has 1 aliphatic carbocycles. The Morgan fingerprint density at radius 2 is 1.48 bits per heavy atom. The summed E-state index contributed by atoms with van der Waals surface area (Å²) in [5, 5.41) is 2.59. The topological polar surface area (TPSA) is 12.9 Å². The monoisotopic (exact) mass is 299 g/mol. The molecule has 2 aromatic carbocycles. The van der Waals surface area contributed by atoms with Crippen LogP contribution < -0.4 is 0 Å². The van der Waals surface area contributed by atoms with Crippen molar-refractivity contribution in [3.8, 4) is 0 Å². The summed E-state index contributed by atoms with van der Waals surface area (Å²) in [6, 6.07) is 13.2. The molecule has 0 aliphatic heterocycles. The van der Waals surface area contributed by atoms with Crippen molar-refractivity contribution in [3.63, 3.8) is 0 Å². The molecule has 0 saturated heterocycles. The van der Waals surface area contributed by atoms with E-state index < -0.39 is 0 Å². The number of rotatable bonds is 1. The van der Waals surface area contributed by atoms with E-state index in [1.54, 1.807) is 0 Å². The molecule has 1 unspecified atom stereocenters. The maximum absolute atomic E-state index is 4.89. The molecule has 23 heavy (non-hydrogen) atoms. The molecule has 0 fully saturated rings. The van der Waals surface area contributed by atoms with Gasteiger partial charge in [0.2, 0.25) is 0 Å². The highest BCUT2D eigenvalue weighted by molar-refractivity contribution is 5.98. The second-order valence-corrected chi connectivity index (χ2v) is 6.72. The number of pyridine rings is 1. The Morgan fingerprint density at radius 1 is 0.870 bits per heavy atom. The fourth-order valence-electron chi connectivity index (χ4n) is 3.54. The van der Waals surface area contributed by atoms with Gasteiger partial charge >= 0.3 is 0 Å². The second kappa shape index (κ2) is 5.34. The molecule has 114 valence electrons. The molecule has 1 aromatic heterocycles. The van der Waals surface area contributed by atoms with Gasteiger partial charge in [-0.1, -0.05) is 47.1 Å². The maximum Gasteiger partial charge on any atom is 0.0712 e. The number of fused-ring (bicyclic) bond motifs is 2. The summed E-state index contributed by atoms with van der Waals surface area (Å²) in [4.78, 5) is 4.89. The van der Waals surface area contributed by atoms with Crippen LogP contribution in [0.4, 0.5) is 0 Å². The Morgan fingerprint density at radius 3 is 2.00 bits per heavy atom. The van der Waals surface area contributed by atoms with E-state index in [0.29, 0.717) is 5.92 Å². The van der Waals surface area contributed by atoms with E-state index in [0.717, 1.165) is 17.5 Å². The van der Waals surface area contributed by atoms with Crippen LogP contribution in [0.25, 0.3) is 21.8 Å². The van der Waals surface area contributed by atoms with Gasteiger partial charge in [-0.3, -0.25) is 0 Å². The highest BCUT2D eigenvalue weighted by atomic mass is 14.7. The van der Waals surface area contributed by atoms with Crippen molar-refractivity contribution in [2.45, 2.75) is 33.1 Å². The van der Waals surface area contributed by atoms with Crippen molar-refractivity contribution in [2.75, 3.05) is 0 Å². The molecule has 0 spiro atoms. The zero-order valence-corrected chi connectivity index (χ0v) is 13.9. The minimum atomic E-state index is 0.426. The predicted molar refractivity (Wildman–Crippen MR) is 99.0 cm³/mol. The Hall–Kier alpha value is -2.41. The molecular formula is C22H21N. The summed E-state index contributed by atoms with van der Waals surface area (Å²) >= 11 is 0. The van der Waals surface area contributed by atoms with Crippen molar-refractivity contribution in [1.29, 1.82) is 0 Å². The highest BCUT2D eigenvalue weighted by Gasteiger charge is 2.18. The zero-order valence-electron chi connectivity index (χ0n) is 13.9. The summed E-state index contributed by atoms with van der Waals surface area (Å²) in [7, 11) is 0. The van der Waals surface area contributed by atoms with E-state index in [1.165, 1.54) is 33.0 Å². The largest absolute Gasteiger partial charge is 0.248 e. The highest BCUT2D eigenvalue weighted by Crippen LogP contribution is 2.37. The van der Waals surface area contributed by atoms with Gasteiger partial charge in [0.15, 0.2) is 0 Å². The van der Waals surface area contributed by atoms with E-state index in [1.807, 2.05) is 0 Å². The molecule has 1 nitrogen and oxygen atoms in total. The lowest BCUT2D eigenvalue weighted by molar-refractivity contribution is 0.859. The van der Waals surface area contributed by atoms with Gasteiger partial charge in [-0.05, 0) is 57.0 Å². The minimum Gasteiger partial charge on any atom is -0.248 e. The fourth-order valence-corrected chi connectivity index (χ4v) is 3.54. The first-order valence-corrected chi connectivity index (χ1v) is 8.27. The molecule has 4 rings (SSSR count). The van der Waals surface area contributed by atoms with E-state index >= 15 is 0 Å². The average Bonchev–Trinajstić information content (AvgIpc) is 2.54. The van der Waals surface area contributed by atoms with Crippen molar-refractivity contribution in [3.05, 3.63) is 76.9 Å². The Labute approximate surface area is 137 Å². The molecule has 0 radical (unpaired) electrons. The molecule has 1 aliphatic rings. The molecule has 1 heterocycles. The van der Waals surface area contributed by atoms with Gasteiger partial charge in [-0.2, -0.15) is 0 Å². The van der Waals surface area contributed by atoms with Crippen LogP contribution in [0.3, 0.4) is 0 Å². The molecule has 0 saturated carbocycles. The molecule has 3 aromatic rings. The minimum absolute atomic E-state index is 0.426. The van der Waals surface area contributed by atoms with Gasteiger partial charge in [-0.15, -0.1) is 0 Å². The fraction of sp³-hybridized carbons (Fsp3) is 0.227. The number of hydrogen-bond donors (Lipinski definition) is 0.